The van der Waals surface area contributed by atoms with Crippen LogP contribution in [0.15, 0.2) is 34.4 Å². The van der Waals surface area contributed by atoms with Crippen molar-refractivity contribution in [3.63, 3.8) is 0 Å². The number of carboxylic acid groups (broad SMARTS) is 1. The predicted molar refractivity (Wildman–Crippen MR) is 77.5 cm³/mol. The molecule has 110 valence electrons. The van der Waals surface area contributed by atoms with E-state index >= 15 is 0 Å². The fourth-order valence-electron chi connectivity index (χ4n) is 1.91. The van der Waals surface area contributed by atoms with E-state index in [-0.39, 0.29) is 17.0 Å². The summed E-state index contributed by atoms with van der Waals surface area (Å²) in [4.78, 5) is 32.3. The van der Waals surface area contributed by atoms with E-state index in [2.05, 4.69) is 0 Å². The summed E-state index contributed by atoms with van der Waals surface area (Å²) < 4.78 is 1.49. The fourth-order valence-corrected chi connectivity index (χ4v) is 2.70. The number of aromatic nitrogens is 1. The summed E-state index contributed by atoms with van der Waals surface area (Å²) in [5, 5.41) is 20.9. The van der Waals surface area contributed by atoms with Gasteiger partial charge in [-0.2, -0.15) is 0 Å². The van der Waals surface area contributed by atoms with Crippen molar-refractivity contribution >= 4 is 23.0 Å². The summed E-state index contributed by atoms with van der Waals surface area (Å²) in [5.74, 6) is -0.907. The Morgan fingerprint density at radius 3 is 2.57 bits per heavy atom. The third kappa shape index (κ3) is 3.54. The number of nitro benzene ring substituents is 1. The summed E-state index contributed by atoms with van der Waals surface area (Å²) in [6, 6.07) is 5.90. The van der Waals surface area contributed by atoms with Crippen molar-refractivity contribution in [2.75, 3.05) is 0 Å². The quantitative estimate of drug-likeness (QED) is 0.651. The van der Waals surface area contributed by atoms with Gasteiger partial charge < -0.3 is 5.11 Å². The average molecular weight is 308 g/mol. The molecule has 1 N–H and O–H groups in total. The van der Waals surface area contributed by atoms with Gasteiger partial charge in [-0.15, -0.1) is 0 Å². The summed E-state index contributed by atoms with van der Waals surface area (Å²) in [6.45, 7) is 0.307. The van der Waals surface area contributed by atoms with Crippen molar-refractivity contribution in [1.82, 2.24) is 4.57 Å². The summed E-state index contributed by atoms with van der Waals surface area (Å²) in [6.07, 6.45) is 0.341. The Morgan fingerprint density at radius 1 is 1.33 bits per heavy atom. The van der Waals surface area contributed by atoms with Crippen LogP contribution < -0.4 is 4.87 Å². The van der Waals surface area contributed by atoms with Crippen LogP contribution in [0.4, 0.5) is 5.69 Å². The van der Waals surface area contributed by atoms with Gasteiger partial charge in [-0.25, -0.2) is 0 Å². The average Bonchev–Trinajstić information content (AvgIpc) is 2.80. The van der Waals surface area contributed by atoms with Crippen LogP contribution >= 0.6 is 11.3 Å². The highest BCUT2D eigenvalue weighted by atomic mass is 32.1. The molecule has 21 heavy (non-hydrogen) atoms. The van der Waals surface area contributed by atoms with Gasteiger partial charge in [0, 0.05) is 30.5 Å². The summed E-state index contributed by atoms with van der Waals surface area (Å²) in [7, 11) is 0. The van der Waals surface area contributed by atoms with Gasteiger partial charge in [0.15, 0.2) is 0 Å². The first-order valence-corrected chi connectivity index (χ1v) is 7.02. The van der Waals surface area contributed by atoms with Crippen molar-refractivity contribution in [2.45, 2.75) is 19.4 Å². The zero-order valence-corrected chi connectivity index (χ0v) is 11.7. The van der Waals surface area contributed by atoms with Crippen LogP contribution in [-0.4, -0.2) is 20.6 Å². The zero-order chi connectivity index (χ0) is 15.4. The van der Waals surface area contributed by atoms with E-state index in [1.165, 1.54) is 16.7 Å². The molecular formula is C13H12N2O5S. The fraction of sp³-hybridized carbons (Fsp3) is 0.231. The smallest absolute Gasteiger partial charge is 0.307 e. The highest BCUT2D eigenvalue weighted by Gasteiger charge is 2.11. The molecule has 2 rings (SSSR count). The monoisotopic (exact) mass is 308 g/mol. The number of rotatable bonds is 6. The second kappa shape index (κ2) is 6.31. The van der Waals surface area contributed by atoms with Gasteiger partial charge in [0.2, 0.25) is 0 Å². The lowest BCUT2D eigenvalue weighted by molar-refractivity contribution is -0.384. The first-order chi connectivity index (χ1) is 9.99. The van der Waals surface area contributed by atoms with Crippen molar-refractivity contribution in [3.8, 4) is 11.3 Å². The number of carboxylic acids is 1. The number of non-ortho nitro benzene ring substituents is 1. The number of nitrogens with zero attached hydrogens (tertiary/aromatic N) is 2. The number of hydrogen-bond acceptors (Lipinski definition) is 5. The summed E-state index contributed by atoms with van der Waals surface area (Å²) >= 11 is 1.02. The van der Waals surface area contributed by atoms with Gasteiger partial charge >= 0.3 is 10.8 Å². The minimum Gasteiger partial charge on any atom is -0.481 e. The first kappa shape index (κ1) is 14.9. The van der Waals surface area contributed by atoms with Gasteiger partial charge in [0.25, 0.3) is 5.69 Å². The molecule has 0 atom stereocenters. The maximum absolute atomic E-state index is 11.8. The Labute approximate surface area is 123 Å². The van der Waals surface area contributed by atoms with Crippen LogP contribution in [0.25, 0.3) is 11.3 Å². The molecule has 2 aromatic rings. The molecule has 1 aromatic carbocycles. The molecule has 0 spiro atoms. The molecule has 0 saturated heterocycles. The number of aliphatic carboxylic acids is 1. The molecule has 7 nitrogen and oxygen atoms in total. The lowest BCUT2D eigenvalue weighted by Crippen LogP contribution is -2.15. The molecule has 0 radical (unpaired) electrons. The van der Waals surface area contributed by atoms with E-state index in [4.69, 9.17) is 5.11 Å². The largest absolute Gasteiger partial charge is 0.481 e. The molecule has 8 heteroatoms. The Kier molecular flexibility index (Phi) is 4.49. The number of benzene rings is 1. The molecule has 0 aliphatic rings. The second-order valence-corrected chi connectivity index (χ2v) is 5.16. The van der Waals surface area contributed by atoms with E-state index in [1.807, 2.05) is 0 Å². The van der Waals surface area contributed by atoms with Crippen LogP contribution in [0.2, 0.25) is 0 Å². The highest BCUT2D eigenvalue weighted by molar-refractivity contribution is 7.07. The van der Waals surface area contributed by atoms with Crippen LogP contribution in [0.1, 0.15) is 12.8 Å². The van der Waals surface area contributed by atoms with Crippen LogP contribution in [0, 0.1) is 10.1 Å². The third-order valence-electron chi connectivity index (χ3n) is 2.93. The molecule has 0 aliphatic heterocycles. The topological polar surface area (TPSA) is 102 Å². The van der Waals surface area contributed by atoms with Gasteiger partial charge in [0.05, 0.1) is 10.6 Å². The van der Waals surface area contributed by atoms with E-state index < -0.39 is 10.9 Å². The molecule has 1 heterocycles. The standard InChI is InChI=1S/C13H12N2O5S/c16-12(17)2-1-7-14-11(8-21-13(14)18)9-3-5-10(6-4-9)15(19)20/h3-6,8H,1-2,7H2,(H,16,17). The van der Waals surface area contributed by atoms with E-state index in [0.717, 1.165) is 11.3 Å². The van der Waals surface area contributed by atoms with Gasteiger partial charge in [-0.3, -0.25) is 24.3 Å². The Bertz CT molecular complexity index is 717. The number of carbonyl (C=O) groups is 1. The zero-order valence-electron chi connectivity index (χ0n) is 10.9. The Morgan fingerprint density at radius 2 is 2.00 bits per heavy atom. The molecular weight excluding hydrogens is 296 g/mol. The Balaban J connectivity index is 2.25. The normalized spacial score (nSPS) is 10.5. The number of hydrogen-bond donors (Lipinski definition) is 1. The minimum atomic E-state index is -0.907. The van der Waals surface area contributed by atoms with Crippen molar-refractivity contribution in [1.29, 1.82) is 0 Å². The second-order valence-electron chi connectivity index (χ2n) is 4.34. The van der Waals surface area contributed by atoms with E-state index in [1.54, 1.807) is 17.5 Å². The Hall–Kier alpha value is -2.48. The maximum atomic E-state index is 11.8. The van der Waals surface area contributed by atoms with Crippen LogP contribution in [-0.2, 0) is 11.3 Å². The number of thiazole rings is 1. The lowest BCUT2D eigenvalue weighted by Gasteiger charge is -2.06. The van der Waals surface area contributed by atoms with Crippen molar-refractivity contribution < 1.29 is 14.8 Å². The SMILES string of the molecule is O=C(O)CCCn1c(-c2ccc([N+](=O)[O-])cc2)csc1=O. The van der Waals surface area contributed by atoms with Crippen LogP contribution in [0.5, 0.6) is 0 Å². The highest BCUT2D eigenvalue weighted by Crippen LogP contribution is 2.23. The molecule has 0 aliphatic carbocycles. The molecule has 0 bridgehead atoms. The van der Waals surface area contributed by atoms with E-state index in [9.17, 15) is 19.7 Å². The minimum absolute atomic E-state index is 0.0119. The molecule has 0 fully saturated rings. The molecule has 0 unspecified atom stereocenters. The van der Waals surface area contributed by atoms with Gasteiger partial charge in [-0.05, 0) is 24.1 Å². The van der Waals surface area contributed by atoms with Crippen molar-refractivity contribution in [2.24, 2.45) is 0 Å². The van der Waals surface area contributed by atoms with E-state index in [0.29, 0.717) is 24.2 Å². The van der Waals surface area contributed by atoms with Crippen molar-refractivity contribution in [3.05, 3.63) is 49.4 Å². The predicted octanol–water partition coefficient (Wildman–Crippen LogP) is 2.35. The maximum Gasteiger partial charge on any atom is 0.307 e. The lowest BCUT2D eigenvalue weighted by atomic mass is 10.1. The number of nitro groups is 1. The molecule has 0 amide bonds. The molecule has 1 aromatic heterocycles. The third-order valence-corrected chi connectivity index (χ3v) is 3.69. The molecule has 0 saturated carbocycles. The summed E-state index contributed by atoms with van der Waals surface area (Å²) in [5.41, 5.74) is 1.31. The van der Waals surface area contributed by atoms with Gasteiger partial charge in [0.1, 0.15) is 0 Å². The van der Waals surface area contributed by atoms with Crippen LogP contribution in [0.3, 0.4) is 0 Å². The first-order valence-electron chi connectivity index (χ1n) is 6.14. The van der Waals surface area contributed by atoms with Gasteiger partial charge in [-0.1, -0.05) is 11.3 Å².